The summed E-state index contributed by atoms with van der Waals surface area (Å²) in [7, 11) is 0. The average molecular weight is 231 g/mol. The van der Waals surface area contributed by atoms with Gasteiger partial charge in [-0.25, -0.2) is 0 Å². The zero-order chi connectivity index (χ0) is 13.1. The summed E-state index contributed by atoms with van der Waals surface area (Å²) in [5.41, 5.74) is 5.72. The minimum atomic E-state index is -0.948. The largest absolute Gasteiger partial charge is 0.481 e. The van der Waals surface area contributed by atoms with Crippen LogP contribution in [0.4, 0.5) is 0 Å². The molecule has 0 heterocycles. The van der Waals surface area contributed by atoms with E-state index >= 15 is 0 Å². The molecule has 6 heteroatoms. The van der Waals surface area contributed by atoms with Gasteiger partial charge in [0.15, 0.2) is 0 Å². The van der Waals surface area contributed by atoms with Gasteiger partial charge in [-0.2, -0.15) is 0 Å². The predicted molar refractivity (Wildman–Crippen MR) is 57.7 cm³/mol. The summed E-state index contributed by atoms with van der Waals surface area (Å²) >= 11 is 0. The summed E-state index contributed by atoms with van der Waals surface area (Å²) in [4.78, 5) is 29.5. The van der Waals surface area contributed by atoms with Gasteiger partial charge in [-0.3, -0.25) is 14.4 Å². The Morgan fingerprint density at radius 1 is 1.06 bits per heavy atom. The first-order valence-corrected chi connectivity index (χ1v) is 4.63. The Labute approximate surface area is 93.8 Å². The second-order valence-electron chi connectivity index (χ2n) is 3.27. The minimum absolute atomic E-state index is 0.0632. The number of primary amides is 1. The molecule has 0 rings (SSSR count). The van der Waals surface area contributed by atoms with Crippen molar-refractivity contribution in [3.8, 4) is 0 Å². The van der Waals surface area contributed by atoms with Gasteiger partial charge >= 0.3 is 11.9 Å². The lowest BCUT2D eigenvalue weighted by molar-refractivity contribution is -0.138. The zero-order valence-corrected chi connectivity index (χ0v) is 9.40. The lowest BCUT2D eigenvalue weighted by Gasteiger charge is -1.89. The van der Waals surface area contributed by atoms with E-state index in [2.05, 4.69) is 0 Å². The van der Waals surface area contributed by atoms with Crippen molar-refractivity contribution in [2.75, 3.05) is 0 Å². The molecule has 0 aliphatic carbocycles. The van der Waals surface area contributed by atoms with Crippen molar-refractivity contribution in [3.63, 3.8) is 0 Å². The molecule has 0 spiro atoms. The van der Waals surface area contributed by atoms with E-state index in [1.165, 1.54) is 6.08 Å². The Kier molecular flexibility index (Phi) is 10.0. The van der Waals surface area contributed by atoms with Gasteiger partial charge in [0.2, 0.25) is 5.91 Å². The van der Waals surface area contributed by atoms with E-state index in [9.17, 15) is 14.4 Å². The molecule has 0 bridgehead atoms. The molecule has 0 saturated carbocycles. The number of carboxylic acid groups (broad SMARTS) is 2. The molecular formula is C10H17NO5. The van der Waals surface area contributed by atoms with Crippen LogP contribution in [-0.2, 0) is 14.4 Å². The Morgan fingerprint density at radius 2 is 1.44 bits per heavy atom. The number of aliphatic carboxylic acids is 2. The molecular weight excluding hydrogens is 214 g/mol. The van der Waals surface area contributed by atoms with Crippen LogP contribution >= 0.6 is 0 Å². The maximum atomic E-state index is 9.96. The number of amides is 1. The molecule has 0 aromatic rings. The van der Waals surface area contributed by atoms with E-state index in [0.29, 0.717) is 0 Å². The third kappa shape index (κ3) is 22.7. The molecule has 0 aliphatic rings. The van der Waals surface area contributed by atoms with Gasteiger partial charge in [-0.15, -0.1) is 0 Å². The predicted octanol–water partition coefficient (Wildman–Crippen LogP) is 0.764. The number of carboxylic acids is 2. The van der Waals surface area contributed by atoms with Crippen LogP contribution in [-0.4, -0.2) is 28.1 Å². The van der Waals surface area contributed by atoms with Crippen LogP contribution in [0.2, 0.25) is 0 Å². The second kappa shape index (κ2) is 9.70. The van der Waals surface area contributed by atoms with Gasteiger partial charge in [0.05, 0.1) is 0 Å². The van der Waals surface area contributed by atoms with E-state index in [-0.39, 0.29) is 25.2 Å². The molecule has 92 valence electrons. The highest BCUT2D eigenvalue weighted by Crippen LogP contribution is 1.93. The number of allylic oxidation sites excluding steroid dienone is 1. The molecule has 0 atom stereocenters. The molecule has 0 saturated heterocycles. The van der Waals surface area contributed by atoms with Gasteiger partial charge < -0.3 is 15.9 Å². The third-order valence-electron chi connectivity index (χ3n) is 1.21. The standard InChI is InChI=1S/C5H9NO.C5H8O4/c1-4(2)3-5(6)7;6-4(7)2-1-3-5(8)9/h3H,1-2H3,(H2,6,7);1-3H2,(H,6,7)(H,8,9). The molecule has 0 fully saturated rings. The van der Waals surface area contributed by atoms with E-state index in [0.717, 1.165) is 5.57 Å². The summed E-state index contributed by atoms with van der Waals surface area (Å²) in [5.74, 6) is -2.27. The first-order valence-electron chi connectivity index (χ1n) is 4.63. The number of rotatable bonds is 5. The fourth-order valence-electron chi connectivity index (χ4n) is 0.675. The molecule has 0 radical (unpaired) electrons. The summed E-state index contributed by atoms with van der Waals surface area (Å²) in [6.45, 7) is 3.65. The molecule has 0 aliphatic heterocycles. The molecule has 0 unspecified atom stereocenters. The van der Waals surface area contributed by atoms with Gasteiger partial charge in [-0.1, -0.05) is 5.57 Å². The quantitative estimate of drug-likeness (QED) is 0.604. The highest BCUT2D eigenvalue weighted by atomic mass is 16.4. The van der Waals surface area contributed by atoms with Crippen LogP contribution in [0, 0.1) is 0 Å². The first-order chi connectivity index (χ1) is 7.25. The molecule has 16 heavy (non-hydrogen) atoms. The number of carbonyl (C=O) groups excluding carboxylic acids is 1. The van der Waals surface area contributed by atoms with E-state index < -0.39 is 11.9 Å². The number of nitrogens with two attached hydrogens (primary N) is 1. The van der Waals surface area contributed by atoms with Gasteiger partial charge in [0.1, 0.15) is 0 Å². The van der Waals surface area contributed by atoms with Crippen LogP contribution in [0.25, 0.3) is 0 Å². The SMILES string of the molecule is CC(C)=CC(N)=O.O=C(O)CCCC(=O)O. The topological polar surface area (TPSA) is 118 Å². The van der Waals surface area contributed by atoms with Crippen molar-refractivity contribution < 1.29 is 24.6 Å². The van der Waals surface area contributed by atoms with Crippen molar-refractivity contribution >= 4 is 17.8 Å². The summed E-state index contributed by atoms with van der Waals surface area (Å²) in [5, 5.41) is 16.1. The monoisotopic (exact) mass is 231 g/mol. The maximum Gasteiger partial charge on any atom is 0.303 e. The Hall–Kier alpha value is -1.85. The van der Waals surface area contributed by atoms with E-state index in [1.807, 2.05) is 13.8 Å². The molecule has 6 nitrogen and oxygen atoms in total. The minimum Gasteiger partial charge on any atom is -0.481 e. The summed E-state index contributed by atoms with van der Waals surface area (Å²) in [6.07, 6.45) is 1.48. The van der Waals surface area contributed by atoms with Crippen molar-refractivity contribution in [3.05, 3.63) is 11.6 Å². The fraction of sp³-hybridized carbons (Fsp3) is 0.500. The lowest BCUT2D eigenvalue weighted by atomic mass is 10.2. The Morgan fingerprint density at radius 3 is 1.56 bits per heavy atom. The number of hydrogen-bond acceptors (Lipinski definition) is 3. The molecule has 4 N–H and O–H groups in total. The third-order valence-corrected chi connectivity index (χ3v) is 1.21. The van der Waals surface area contributed by atoms with Gasteiger partial charge in [0, 0.05) is 18.9 Å². The van der Waals surface area contributed by atoms with E-state index in [1.54, 1.807) is 0 Å². The average Bonchev–Trinajstić information content (AvgIpc) is 2.00. The van der Waals surface area contributed by atoms with Crippen molar-refractivity contribution in [2.45, 2.75) is 33.1 Å². The normalized spacial score (nSPS) is 8.38. The van der Waals surface area contributed by atoms with Crippen LogP contribution in [0.3, 0.4) is 0 Å². The fourth-order valence-corrected chi connectivity index (χ4v) is 0.675. The van der Waals surface area contributed by atoms with Crippen LogP contribution in [0.5, 0.6) is 0 Å². The van der Waals surface area contributed by atoms with Crippen molar-refractivity contribution in [1.29, 1.82) is 0 Å². The first kappa shape index (κ1) is 16.6. The van der Waals surface area contributed by atoms with Crippen molar-refractivity contribution in [1.82, 2.24) is 0 Å². The number of carbonyl (C=O) groups is 3. The zero-order valence-electron chi connectivity index (χ0n) is 9.40. The lowest BCUT2D eigenvalue weighted by Crippen LogP contribution is -2.05. The van der Waals surface area contributed by atoms with Crippen LogP contribution in [0.15, 0.2) is 11.6 Å². The smallest absolute Gasteiger partial charge is 0.303 e. The molecule has 0 aromatic heterocycles. The van der Waals surface area contributed by atoms with Crippen molar-refractivity contribution in [2.24, 2.45) is 5.73 Å². The van der Waals surface area contributed by atoms with Crippen LogP contribution < -0.4 is 5.73 Å². The number of hydrogen-bond donors (Lipinski definition) is 3. The Balaban J connectivity index is 0. The summed E-state index contributed by atoms with van der Waals surface area (Å²) in [6, 6.07) is 0. The maximum absolute atomic E-state index is 9.96. The highest BCUT2D eigenvalue weighted by molar-refractivity contribution is 5.86. The Bertz CT molecular complexity index is 265. The van der Waals surface area contributed by atoms with Crippen LogP contribution in [0.1, 0.15) is 33.1 Å². The highest BCUT2D eigenvalue weighted by Gasteiger charge is 1.99. The molecule has 0 aromatic carbocycles. The molecule has 1 amide bonds. The summed E-state index contributed by atoms with van der Waals surface area (Å²) < 4.78 is 0. The van der Waals surface area contributed by atoms with Gasteiger partial charge in [0.25, 0.3) is 0 Å². The van der Waals surface area contributed by atoms with E-state index in [4.69, 9.17) is 15.9 Å². The van der Waals surface area contributed by atoms with Gasteiger partial charge in [-0.05, 0) is 20.3 Å². The second-order valence-corrected chi connectivity index (χ2v) is 3.27.